The molecule has 0 aliphatic rings. The number of rotatable bonds is 7. The summed E-state index contributed by atoms with van der Waals surface area (Å²) in [5, 5.41) is 13.7. The van der Waals surface area contributed by atoms with Gasteiger partial charge in [-0.15, -0.1) is 0 Å². The molecule has 162 valence electrons. The van der Waals surface area contributed by atoms with Crippen molar-refractivity contribution in [3.63, 3.8) is 0 Å². The highest BCUT2D eigenvalue weighted by Crippen LogP contribution is 2.31. The molecule has 0 bridgehead atoms. The molecule has 0 radical (unpaired) electrons. The lowest BCUT2D eigenvalue weighted by molar-refractivity contribution is -0.114. The summed E-state index contributed by atoms with van der Waals surface area (Å²) >= 11 is 1.44. The van der Waals surface area contributed by atoms with E-state index in [-0.39, 0.29) is 5.91 Å². The molecule has 2 heterocycles. The molecular weight excluding hydrogens is 424 g/mol. The molecule has 3 N–H and O–H groups in total. The number of hydrogen-bond acceptors (Lipinski definition) is 7. The Morgan fingerprint density at radius 2 is 1.78 bits per heavy atom. The Bertz CT molecular complexity index is 1220. The number of carbonyl (C=O) groups excluding carboxylic acids is 1. The number of methoxy groups -OCH3 is 1. The number of nitrogens with one attached hydrogen (secondary N) is 3. The van der Waals surface area contributed by atoms with Crippen LogP contribution in [-0.2, 0) is 4.79 Å². The molecule has 0 saturated heterocycles. The minimum atomic E-state index is -0.106. The van der Waals surface area contributed by atoms with Crippen LogP contribution in [0.2, 0.25) is 0 Å². The highest BCUT2D eigenvalue weighted by molar-refractivity contribution is 7.99. The molecule has 9 heteroatoms. The average Bonchev–Trinajstić information content (AvgIpc) is 3.19. The van der Waals surface area contributed by atoms with Crippen molar-refractivity contribution in [3.8, 4) is 17.0 Å². The molecule has 0 aliphatic heterocycles. The maximum Gasteiger partial charge on any atom is 0.221 e. The number of H-pyrrole nitrogens is 1. The van der Waals surface area contributed by atoms with Crippen molar-refractivity contribution in [3.05, 3.63) is 66.4 Å². The molecule has 4 aromatic rings. The maximum absolute atomic E-state index is 11.2. The number of benzene rings is 2. The van der Waals surface area contributed by atoms with Gasteiger partial charge in [0.25, 0.3) is 0 Å². The number of amides is 1. The van der Waals surface area contributed by atoms with Gasteiger partial charge >= 0.3 is 0 Å². The molecule has 0 saturated carbocycles. The summed E-state index contributed by atoms with van der Waals surface area (Å²) in [6.07, 6.45) is 0. The van der Waals surface area contributed by atoms with Crippen LogP contribution in [0.25, 0.3) is 11.3 Å². The largest absolute Gasteiger partial charge is 0.497 e. The summed E-state index contributed by atoms with van der Waals surface area (Å²) in [6, 6.07) is 19.1. The average molecular weight is 447 g/mol. The van der Waals surface area contributed by atoms with Gasteiger partial charge in [-0.2, -0.15) is 5.10 Å². The van der Waals surface area contributed by atoms with Crippen molar-refractivity contribution >= 4 is 35.0 Å². The van der Waals surface area contributed by atoms with E-state index < -0.39 is 0 Å². The second kappa shape index (κ2) is 9.52. The molecule has 0 aliphatic carbocycles. The van der Waals surface area contributed by atoms with Crippen molar-refractivity contribution in [2.75, 3.05) is 17.7 Å². The Labute approximate surface area is 189 Å². The van der Waals surface area contributed by atoms with E-state index in [1.807, 2.05) is 67.6 Å². The first-order valence-electron chi connectivity index (χ1n) is 9.86. The van der Waals surface area contributed by atoms with Crippen molar-refractivity contribution in [1.82, 2.24) is 20.2 Å². The first kappa shape index (κ1) is 21.4. The van der Waals surface area contributed by atoms with Crippen LogP contribution in [0.1, 0.15) is 12.6 Å². The van der Waals surface area contributed by atoms with Crippen LogP contribution in [0.5, 0.6) is 5.75 Å². The Morgan fingerprint density at radius 1 is 1.03 bits per heavy atom. The highest BCUT2D eigenvalue weighted by atomic mass is 32.2. The fourth-order valence-electron chi connectivity index (χ4n) is 2.98. The molecular formula is C23H22N6O2S. The van der Waals surface area contributed by atoms with Gasteiger partial charge in [0, 0.05) is 35.2 Å². The first-order valence-corrected chi connectivity index (χ1v) is 10.7. The number of nitrogens with zero attached hydrogens (tertiary/aromatic N) is 3. The smallest absolute Gasteiger partial charge is 0.221 e. The minimum absolute atomic E-state index is 0.106. The first-order chi connectivity index (χ1) is 15.5. The van der Waals surface area contributed by atoms with Crippen molar-refractivity contribution in [2.45, 2.75) is 23.9 Å². The summed E-state index contributed by atoms with van der Waals surface area (Å²) in [7, 11) is 1.64. The van der Waals surface area contributed by atoms with Gasteiger partial charge in [0.15, 0.2) is 5.16 Å². The molecule has 2 aromatic heterocycles. The van der Waals surface area contributed by atoms with E-state index >= 15 is 0 Å². The number of aromatic nitrogens is 4. The van der Waals surface area contributed by atoms with Crippen LogP contribution < -0.4 is 15.4 Å². The number of ether oxygens (including phenoxy) is 1. The number of aryl methyl sites for hydroxylation is 1. The summed E-state index contributed by atoms with van der Waals surface area (Å²) < 4.78 is 5.26. The zero-order valence-electron chi connectivity index (χ0n) is 17.8. The fraction of sp³-hybridized carbons (Fsp3) is 0.130. The fourth-order valence-corrected chi connectivity index (χ4v) is 3.75. The normalized spacial score (nSPS) is 10.6. The zero-order chi connectivity index (χ0) is 22.5. The van der Waals surface area contributed by atoms with Crippen molar-refractivity contribution < 1.29 is 9.53 Å². The summed E-state index contributed by atoms with van der Waals surface area (Å²) in [4.78, 5) is 21.6. The predicted molar refractivity (Wildman–Crippen MR) is 125 cm³/mol. The minimum Gasteiger partial charge on any atom is -0.497 e. The van der Waals surface area contributed by atoms with E-state index in [9.17, 15) is 4.79 Å². The van der Waals surface area contributed by atoms with Crippen LogP contribution in [0.15, 0.2) is 70.7 Å². The van der Waals surface area contributed by atoms with E-state index in [1.165, 1.54) is 18.7 Å². The number of anilines is 3. The summed E-state index contributed by atoms with van der Waals surface area (Å²) in [5.41, 5.74) is 3.34. The van der Waals surface area contributed by atoms with E-state index in [4.69, 9.17) is 9.72 Å². The molecule has 4 rings (SSSR count). The van der Waals surface area contributed by atoms with E-state index in [0.29, 0.717) is 11.0 Å². The van der Waals surface area contributed by atoms with Gasteiger partial charge < -0.3 is 15.4 Å². The van der Waals surface area contributed by atoms with E-state index in [1.54, 1.807) is 7.11 Å². The molecule has 0 atom stereocenters. The second-order valence-corrected chi connectivity index (χ2v) is 8.05. The van der Waals surface area contributed by atoms with Gasteiger partial charge in [-0.05, 0) is 67.2 Å². The standard InChI is InChI=1S/C23H22N6O2S/c1-14-12-22(29-28-14)26-21-13-20(16-4-8-18(31-3)9-5-16)25-23(27-21)32-19-10-6-17(7-11-19)24-15(2)30/h4-13H,1-3H3,(H,24,30)(H2,25,26,27,28,29). The molecule has 32 heavy (non-hydrogen) atoms. The molecule has 2 aromatic carbocycles. The zero-order valence-corrected chi connectivity index (χ0v) is 18.7. The van der Waals surface area contributed by atoms with Crippen LogP contribution in [-0.4, -0.2) is 33.2 Å². The van der Waals surface area contributed by atoms with Crippen LogP contribution in [0.3, 0.4) is 0 Å². The monoisotopic (exact) mass is 446 g/mol. The third-order valence-electron chi connectivity index (χ3n) is 4.44. The molecule has 0 fully saturated rings. The molecule has 8 nitrogen and oxygen atoms in total. The Balaban J connectivity index is 1.64. The second-order valence-electron chi connectivity index (χ2n) is 7.01. The summed E-state index contributed by atoms with van der Waals surface area (Å²) in [6.45, 7) is 3.40. The van der Waals surface area contributed by atoms with Gasteiger partial charge in [0.05, 0.1) is 18.5 Å². The van der Waals surface area contributed by atoms with Gasteiger partial charge in [-0.25, -0.2) is 9.97 Å². The quantitative estimate of drug-likeness (QED) is 0.342. The molecule has 0 unspecified atom stereocenters. The topological polar surface area (TPSA) is 105 Å². The van der Waals surface area contributed by atoms with Gasteiger partial charge in [0.1, 0.15) is 17.4 Å². The van der Waals surface area contributed by atoms with Crippen molar-refractivity contribution in [1.29, 1.82) is 0 Å². The predicted octanol–water partition coefficient (Wildman–Crippen LogP) is 5.04. The summed E-state index contributed by atoms with van der Waals surface area (Å²) in [5.74, 6) is 2.07. The maximum atomic E-state index is 11.2. The van der Waals surface area contributed by atoms with Gasteiger partial charge in [0.2, 0.25) is 5.91 Å². The molecule has 1 amide bonds. The Kier molecular flexibility index (Phi) is 6.37. The SMILES string of the molecule is COc1ccc(-c2cc(Nc3cc(C)n[nH]3)nc(Sc3ccc(NC(C)=O)cc3)n2)cc1. The Hall–Kier alpha value is -3.85. The molecule has 0 spiro atoms. The van der Waals surface area contributed by atoms with Crippen LogP contribution >= 0.6 is 11.8 Å². The third kappa shape index (κ3) is 5.44. The number of aromatic amines is 1. The highest BCUT2D eigenvalue weighted by Gasteiger charge is 2.10. The lowest BCUT2D eigenvalue weighted by atomic mass is 10.1. The van der Waals surface area contributed by atoms with E-state index in [0.717, 1.165) is 39.1 Å². The van der Waals surface area contributed by atoms with Crippen LogP contribution in [0.4, 0.5) is 17.3 Å². The lowest BCUT2D eigenvalue weighted by Gasteiger charge is -2.10. The van der Waals surface area contributed by atoms with Crippen molar-refractivity contribution in [2.24, 2.45) is 0 Å². The lowest BCUT2D eigenvalue weighted by Crippen LogP contribution is -2.05. The van der Waals surface area contributed by atoms with Gasteiger partial charge in [-0.3, -0.25) is 9.89 Å². The third-order valence-corrected chi connectivity index (χ3v) is 5.32. The number of carbonyl (C=O) groups is 1. The van der Waals surface area contributed by atoms with Crippen LogP contribution in [0, 0.1) is 6.92 Å². The Morgan fingerprint density at radius 3 is 2.41 bits per heavy atom. The van der Waals surface area contributed by atoms with Gasteiger partial charge in [-0.1, -0.05) is 0 Å². The number of hydrogen-bond donors (Lipinski definition) is 3. The van der Waals surface area contributed by atoms with E-state index in [2.05, 4.69) is 25.8 Å².